The minimum Gasteiger partial charge on any atom is -0.497 e. The molecule has 0 radical (unpaired) electrons. The molecule has 0 aliphatic carbocycles. The van der Waals surface area contributed by atoms with Crippen LogP contribution in [0.1, 0.15) is 25.3 Å². The Morgan fingerprint density at radius 3 is 2.47 bits per heavy atom. The number of hydrogen-bond donors (Lipinski definition) is 1. The highest BCUT2D eigenvalue weighted by Crippen LogP contribution is 2.29. The number of rotatable bonds is 5. The van der Waals surface area contributed by atoms with Gasteiger partial charge < -0.3 is 15.2 Å². The third kappa shape index (κ3) is 3.19. The number of methoxy groups -OCH3 is 2. The predicted molar refractivity (Wildman–Crippen MR) is 76.6 cm³/mol. The van der Waals surface area contributed by atoms with Crippen molar-refractivity contribution in [2.75, 3.05) is 27.3 Å². The molecule has 1 saturated heterocycles. The van der Waals surface area contributed by atoms with Gasteiger partial charge in [0.05, 0.1) is 19.9 Å². The van der Waals surface area contributed by atoms with Crippen molar-refractivity contribution in [3.8, 4) is 11.5 Å². The zero-order chi connectivity index (χ0) is 13.9. The van der Waals surface area contributed by atoms with Gasteiger partial charge >= 0.3 is 0 Å². The Labute approximate surface area is 115 Å². The number of hydrogen-bond acceptors (Lipinski definition) is 4. The molecule has 0 spiro atoms. The predicted octanol–water partition coefficient (Wildman–Crippen LogP) is 2.02. The van der Waals surface area contributed by atoms with Crippen molar-refractivity contribution < 1.29 is 9.47 Å². The number of ether oxygens (including phenoxy) is 2. The molecular weight excluding hydrogens is 240 g/mol. The molecule has 1 aliphatic rings. The molecule has 1 aromatic carbocycles. The molecule has 1 heterocycles. The van der Waals surface area contributed by atoms with E-state index in [1.807, 2.05) is 18.2 Å². The molecule has 2 N–H and O–H groups in total. The summed E-state index contributed by atoms with van der Waals surface area (Å²) in [7, 11) is 3.36. The van der Waals surface area contributed by atoms with E-state index in [0.717, 1.165) is 36.6 Å². The summed E-state index contributed by atoms with van der Waals surface area (Å²) < 4.78 is 10.7. The van der Waals surface area contributed by atoms with Crippen molar-refractivity contribution in [3.05, 3.63) is 23.8 Å². The maximum Gasteiger partial charge on any atom is 0.122 e. The molecule has 1 aliphatic heterocycles. The van der Waals surface area contributed by atoms with Crippen molar-refractivity contribution in [1.82, 2.24) is 4.90 Å². The lowest BCUT2D eigenvalue weighted by Gasteiger charge is -2.35. The topological polar surface area (TPSA) is 47.7 Å². The minimum atomic E-state index is -0.337. The molecule has 1 atom stereocenters. The third-order valence-electron chi connectivity index (χ3n) is 3.86. The molecule has 2 rings (SSSR count). The van der Waals surface area contributed by atoms with Gasteiger partial charge in [0.25, 0.3) is 0 Å². The first-order chi connectivity index (χ1) is 9.06. The maximum atomic E-state index is 6.50. The van der Waals surface area contributed by atoms with Crippen LogP contribution in [0, 0.1) is 0 Å². The minimum absolute atomic E-state index is 0.337. The van der Waals surface area contributed by atoms with Crippen LogP contribution >= 0.6 is 0 Å². The quantitative estimate of drug-likeness (QED) is 0.884. The number of benzene rings is 1. The lowest BCUT2D eigenvalue weighted by molar-refractivity contribution is 0.141. The monoisotopic (exact) mass is 264 g/mol. The van der Waals surface area contributed by atoms with E-state index in [0.29, 0.717) is 0 Å². The van der Waals surface area contributed by atoms with Crippen LogP contribution in [0.5, 0.6) is 11.5 Å². The van der Waals surface area contributed by atoms with Gasteiger partial charge in [0.2, 0.25) is 0 Å². The van der Waals surface area contributed by atoms with Gasteiger partial charge in [-0.05, 0) is 51.1 Å². The molecule has 106 valence electrons. The summed E-state index contributed by atoms with van der Waals surface area (Å²) in [5.74, 6) is 1.71. The van der Waals surface area contributed by atoms with Crippen LogP contribution in [0.15, 0.2) is 18.2 Å². The molecule has 0 aromatic heterocycles. The largest absolute Gasteiger partial charge is 0.497 e. The zero-order valence-electron chi connectivity index (χ0n) is 12.1. The molecule has 4 nitrogen and oxygen atoms in total. The summed E-state index contributed by atoms with van der Waals surface area (Å²) >= 11 is 0. The fourth-order valence-electron chi connectivity index (χ4n) is 2.75. The van der Waals surface area contributed by atoms with Crippen LogP contribution in [0.25, 0.3) is 0 Å². The lowest BCUT2D eigenvalue weighted by Crippen LogP contribution is -2.54. The maximum absolute atomic E-state index is 6.50. The van der Waals surface area contributed by atoms with Gasteiger partial charge in [-0.1, -0.05) is 0 Å². The van der Waals surface area contributed by atoms with Gasteiger partial charge in [-0.2, -0.15) is 0 Å². The van der Waals surface area contributed by atoms with Gasteiger partial charge in [-0.25, -0.2) is 0 Å². The smallest absolute Gasteiger partial charge is 0.122 e. The number of nitrogens with two attached hydrogens (primary N) is 1. The first kappa shape index (κ1) is 14.2. The molecule has 0 saturated carbocycles. The highest BCUT2D eigenvalue weighted by molar-refractivity contribution is 5.41. The molecule has 1 fully saturated rings. The van der Waals surface area contributed by atoms with E-state index in [4.69, 9.17) is 15.2 Å². The van der Waals surface area contributed by atoms with E-state index in [-0.39, 0.29) is 5.66 Å². The van der Waals surface area contributed by atoms with Crippen molar-refractivity contribution in [2.45, 2.75) is 31.8 Å². The van der Waals surface area contributed by atoms with Crippen molar-refractivity contribution in [1.29, 1.82) is 0 Å². The van der Waals surface area contributed by atoms with E-state index < -0.39 is 0 Å². The first-order valence-electron chi connectivity index (χ1n) is 6.81. The van der Waals surface area contributed by atoms with Gasteiger partial charge in [0.1, 0.15) is 11.5 Å². The Bertz CT molecular complexity index is 426. The Morgan fingerprint density at radius 2 is 1.89 bits per heavy atom. The standard InChI is InChI=1S/C15H24N2O2/c1-15(16,17-8-4-5-9-17)11-12-10-13(18-2)6-7-14(12)19-3/h6-7,10H,4-5,8-9,11,16H2,1-3H3. The summed E-state index contributed by atoms with van der Waals surface area (Å²) in [6, 6.07) is 5.86. The van der Waals surface area contributed by atoms with Gasteiger partial charge in [0.15, 0.2) is 0 Å². The average Bonchev–Trinajstić information content (AvgIpc) is 2.93. The third-order valence-corrected chi connectivity index (χ3v) is 3.86. The molecule has 0 bridgehead atoms. The van der Waals surface area contributed by atoms with E-state index in [9.17, 15) is 0 Å². The lowest BCUT2D eigenvalue weighted by atomic mass is 9.99. The van der Waals surface area contributed by atoms with E-state index in [1.54, 1.807) is 14.2 Å². The van der Waals surface area contributed by atoms with Crippen LogP contribution in [-0.2, 0) is 6.42 Å². The number of nitrogens with zero attached hydrogens (tertiary/aromatic N) is 1. The highest BCUT2D eigenvalue weighted by atomic mass is 16.5. The summed E-state index contributed by atoms with van der Waals surface area (Å²) in [5.41, 5.74) is 7.26. The van der Waals surface area contributed by atoms with E-state index in [1.165, 1.54) is 12.8 Å². The van der Waals surface area contributed by atoms with Gasteiger partial charge in [-0.15, -0.1) is 0 Å². The Kier molecular flexibility index (Phi) is 4.32. The van der Waals surface area contributed by atoms with Crippen LogP contribution in [0.2, 0.25) is 0 Å². The number of likely N-dealkylation sites (tertiary alicyclic amines) is 1. The van der Waals surface area contributed by atoms with Crippen LogP contribution < -0.4 is 15.2 Å². The van der Waals surface area contributed by atoms with Crippen molar-refractivity contribution in [3.63, 3.8) is 0 Å². The summed E-state index contributed by atoms with van der Waals surface area (Å²) in [5, 5.41) is 0. The fraction of sp³-hybridized carbons (Fsp3) is 0.600. The highest BCUT2D eigenvalue weighted by Gasteiger charge is 2.30. The van der Waals surface area contributed by atoms with E-state index >= 15 is 0 Å². The molecule has 0 amide bonds. The van der Waals surface area contributed by atoms with Crippen LogP contribution in [0.3, 0.4) is 0 Å². The van der Waals surface area contributed by atoms with Gasteiger partial charge in [0, 0.05) is 12.0 Å². The second kappa shape index (κ2) is 5.80. The zero-order valence-corrected chi connectivity index (χ0v) is 12.1. The second-order valence-electron chi connectivity index (χ2n) is 5.41. The Morgan fingerprint density at radius 1 is 1.21 bits per heavy atom. The summed E-state index contributed by atoms with van der Waals surface area (Å²) in [6.07, 6.45) is 3.23. The molecule has 4 heteroatoms. The Hall–Kier alpha value is -1.26. The average molecular weight is 264 g/mol. The van der Waals surface area contributed by atoms with E-state index in [2.05, 4.69) is 11.8 Å². The van der Waals surface area contributed by atoms with Gasteiger partial charge in [-0.3, -0.25) is 4.90 Å². The molecular formula is C15H24N2O2. The van der Waals surface area contributed by atoms with Crippen LogP contribution in [-0.4, -0.2) is 37.9 Å². The summed E-state index contributed by atoms with van der Waals surface area (Å²) in [6.45, 7) is 4.26. The first-order valence-corrected chi connectivity index (χ1v) is 6.81. The molecule has 1 unspecified atom stereocenters. The molecule has 19 heavy (non-hydrogen) atoms. The second-order valence-corrected chi connectivity index (χ2v) is 5.41. The van der Waals surface area contributed by atoms with Crippen molar-refractivity contribution >= 4 is 0 Å². The SMILES string of the molecule is COc1ccc(OC)c(CC(C)(N)N2CCCC2)c1. The molecule has 1 aromatic rings. The van der Waals surface area contributed by atoms with Crippen LogP contribution in [0.4, 0.5) is 0 Å². The summed E-state index contributed by atoms with van der Waals surface area (Å²) in [4.78, 5) is 2.35. The normalized spacial score (nSPS) is 19.2. The Balaban J connectivity index is 2.20. The fourth-order valence-corrected chi connectivity index (χ4v) is 2.75. The van der Waals surface area contributed by atoms with Crippen molar-refractivity contribution in [2.24, 2.45) is 5.73 Å².